The van der Waals surface area contributed by atoms with E-state index in [1.807, 2.05) is 4.90 Å². The van der Waals surface area contributed by atoms with Gasteiger partial charge in [0, 0.05) is 31.8 Å². The number of aliphatic hydroxyl groups is 1. The third kappa shape index (κ3) is 4.51. The van der Waals surface area contributed by atoms with Crippen LogP contribution >= 0.6 is 0 Å². The van der Waals surface area contributed by atoms with Gasteiger partial charge in [-0.05, 0) is 37.2 Å². The number of halogens is 2. The minimum atomic E-state index is -2.87. The SMILES string of the molecule is N=CN1CCC[C@@H](CCOC(=O)[C@](O)(c2ccccc2)[C@@H]2CCC(F)(F)C2)C1. The monoisotopic (exact) mass is 394 g/mol. The molecule has 1 aliphatic carbocycles. The molecule has 1 saturated heterocycles. The molecule has 154 valence electrons. The Kier molecular flexibility index (Phi) is 6.33. The van der Waals surface area contributed by atoms with E-state index in [0.29, 0.717) is 17.9 Å². The third-order valence-electron chi connectivity index (χ3n) is 6.01. The first-order chi connectivity index (χ1) is 13.3. The van der Waals surface area contributed by atoms with E-state index in [1.165, 1.54) is 6.34 Å². The number of nitrogens with one attached hydrogen (secondary N) is 1. The van der Waals surface area contributed by atoms with Crippen molar-refractivity contribution in [3.05, 3.63) is 35.9 Å². The maximum absolute atomic E-state index is 13.8. The summed E-state index contributed by atoms with van der Waals surface area (Å²) in [5.74, 6) is -4.28. The van der Waals surface area contributed by atoms with Crippen molar-refractivity contribution >= 4 is 12.3 Å². The van der Waals surface area contributed by atoms with Gasteiger partial charge in [0.25, 0.3) is 0 Å². The molecule has 1 aliphatic heterocycles. The molecule has 2 fully saturated rings. The van der Waals surface area contributed by atoms with Crippen LogP contribution in [0, 0.1) is 17.2 Å². The summed E-state index contributed by atoms with van der Waals surface area (Å²) in [5.41, 5.74) is -1.76. The lowest BCUT2D eigenvalue weighted by molar-refractivity contribution is -0.175. The maximum Gasteiger partial charge on any atom is 0.343 e. The fourth-order valence-corrected chi connectivity index (χ4v) is 4.40. The van der Waals surface area contributed by atoms with Crippen LogP contribution in [0.5, 0.6) is 0 Å². The number of rotatable bonds is 7. The van der Waals surface area contributed by atoms with Crippen molar-refractivity contribution in [2.45, 2.75) is 50.0 Å². The Morgan fingerprint density at radius 1 is 1.36 bits per heavy atom. The number of piperidine rings is 1. The maximum atomic E-state index is 13.8. The zero-order valence-corrected chi connectivity index (χ0v) is 15.9. The van der Waals surface area contributed by atoms with Gasteiger partial charge in [0.05, 0.1) is 12.9 Å². The number of esters is 1. The molecular weight excluding hydrogens is 366 g/mol. The van der Waals surface area contributed by atoms with Crippen LogP contribution in [0.1, 0.15) is 44.1 Å². The van der Waals surface area contributed by atoms with Gasteiger partial charge < -0.3 is 14.7 Å². The van der Waals surface area contributed by atoms with Crippen LogP contribution in [0.15, 0.2) is 30.3 Å². The molecule has 0 unspecified atom stereocenters. The predicted octanol–water partition coefficient (Wildman–Crippen LogP) is 3.56. The predicted molar refractivity (Wildman–Crippen MR) is 101 cm³/mol. The first-order valence-electron chi connectivity index (χ1n) is 9.93. The summed E-state index contributed by atoms with van der Waals surface area (Å²) in [6.45, 7) is 1.75. The highest BCUT2D eigenvalue weighted by Crippen LogP contribution is 2.47. The van der Waals surface area contributed by atoms with Crippen LogP contribution in [-0.2, 0) is 15.1 Å². The second-order valence-corrected chi connectivity index (χ2v) is 7.98. The first kappa shape index (κ1) is 20.7. The van der Waals surface area contributed by atoms with Gasteiger partial charge in [-0.25, -0.2) is 13.6 Å². The summed E-state index contributed by atoms with van der Waals surface area (Å²) >= 11 is 0. The van der Waals surface area contributed by atoms with E-state index in [0.717, 1.165) is 25.9 Å². The Morgan fingerprint density at radius 2 is 2.11 bits per heavy atom. The molecule has 1 aromatic rings. The lowest BCUT2D eigenvalue weighted by Crippen LogP contribution is -2.44. The first-order valence-corrected chi connectivity index (χ1v) is 9.93. The number of benzene rings is 1. The highest BCUT2D eigenvalue weighted by atomic mass is 19.3. The van der Waals surface area contributed by atoms with Crippen LogP contribution in [0.3, 0.4) is 0 Å². The van der Waals surface area contributed by atoms with E-state index in [-0.39, 0.29) is 19.4 Å². The highest BCUT2D eigenvalue weighted by Gasteiger charge is 2.54. The average Bonchev–Trinajstić information content (AvgIpc) is 3.08. The smallest absolute Gasteiger partial charge is 0.343 e. The van der Waals surface area contributed by atoms with Gasteiger partial charge in [-0.3, -0.25) is 5.41 Å². The normalized spacial score (nSPS) is 26.5. The number of likely N-dealkylation sites (tertiary alicyclic amines) is 1. The molecule has 7 heteroatoms. The van der Waals surface area contributed by atoms with Crippen LogP contribution in [0.2, 0.25) is 0 Å². The number of alkyl halides is 2. The average molecular weight is 394 g/mol. The van der Waals surface area contributed by atoms with Crippen LogP contribution in [0.4, 0.5) is 8.78 Å². The zero-order valence-electron chi connectivity index (χ0n) is 15.9. The van der Waals surface area contributed by atoms with Gasteiger partial charge in [0.2, 0.25) is 5.92 Å². The molecule has 0 amide bonds. The standard InChI is InChI=1S/C21H28F2N2O3/c22-20(23)10-8-18(13-20)21(27,17-6-2-1-3-7-17)19(26)28-12-9-16-5-4-11-25(14-16)15-24/h1-3,6-7,15-16,18,24,27H,4-5,8-14H2/t16-,18+,21-/m0/s1. The molecule has 0 spiro atoms. The molecule has 2 aliphatic rings. The third-order valence-corrected chi connectivity index (χ3v) is 6.01. The molecule has 3 atom stereocenters. The van der Waals surface area contributed by atoms with Gasteiger partial charge >= 0.3 is 5.97 Å². The Morgan fingerprint density at radius 3 is 2.75 bits per heavy atom. The Balaban J connectivity index is 1.67. The molecule has 2 N–H and O–H groups in total. The fourth-order valence-electron chi connectivity index (χ4n) is 4.40. The van der Waals surface area contributed by atoms with Crippen molar-refractivity contribution in [1.82, 2.24) is 4.90 Å². The number of carbonyl (C=O) groups is 1. The van der Waals surface area contributed by atoms with E-state index in [4.69, 9.17) is 10.1 Å². The summed E-state index contributed by atoms with van der Waals surface area (Å²) in [6.07, 6.45) is 3.16. The number of carbonyl (C=O) groups excluding carboxylic acids is 1. The largest absolute Gasteiger partial charge is 0.463 e. The van der Waals surface area contributed by atoms with E-state index >= 15 is 0 Å². The summed E-state index contributed by atoms with van der Waals surface area (Å²) in [5, 5.41) is 18.6. The van der Waals surface area contributed by atoms with Crippen molar-refractivity contribution in [1.29, 1.82) is 5.41 Å². The second-order valence-electron chi connectivity index (χ2n) is 7.98. The molecular formula is C21H28F2N2O3. The quantitative estimate of drug-likeness (QED) is 0.421. The minimum Gasteiger partial charge on any atom is -0.463 e. The van der Waals surface area contributed by atoms with Crippen molar-refractivity contribution < 1.29 is 23.4 Å². The molecule has 0 radical (unpaired) electrons. The van der Waals surface area contributed by atoms with Crippen LogP contribution < -0.4 is 0 Å². The van der Waals surface area contributed by atoms with Crippen LogP contribution in [-0.4, -0.2) is 47.9 Å². The van der Waals surface area contributed by atoms with Crippen molar-refractivity contribution in [2.24, 2.45) is 11.8 Å². The molecule has 28 heavy (non-hydrogen) atoms. The second kappa shape index (κ2) is 8.55. The molecule has 0 aromatic heterocycles. The molecule has 1 heterocycles. The van der Waals surface area contributed by atoms with Gasteiger partial charge in [0.15, 0.2) is 5.60 Å². The van der Waals surface area contributed by atoms with Crippen molar-refractivity contribution in [3.8, 4) is 0 Å². The lowest BCUT2D eigenvalue weighted by Gasteiger charge is -2.33. The topological polar surface area (TPSA) is 73.6 Å². The van der Waals surface area contributed by atoms with E-state index in [1.54, 1.807) is 30.3 Å². The van der Waals surface area contributed by atoms with Gasteiger partial charge in [-0.1, -0.05) is 30.3 Å². The van der Waals surface area contributed by atoms with Gasteiger partial charge in [-0.15, -0.1) is 0 Å². The van der Waals surface area contributed by atoms with E-state index < -0.39 is 29.8 Å². The number of nitrogens with zero attached hydrogens (tertiary/aromatic N) is 1. The molecule has 5 nitrogen and oxygen atoms in total. The zero-order chi connectivity index (χ0) is 20.2. The van der Waals surface area contributed by atoms with E-state index in [2.05, 4.69) is 0 Å². The molecule has 1 aromatic carbocycles. The summed E-state index contributed by atoms with van der Waals surface area (Å²) in [4.78, 5) is 14.8. The van der Waals surface area contributed by atoms with Gasteiger partial charge in [0.1, 0.15) is 0 Å². The highest BCUT2D eigenvalue weighted by molar-refractivity contribution is 5.81. The Bertz CT molecular complexity index is 685. The number of hydrogen-bond acceptors (Lipinski definition) is 4. The summed E-state index contributed by atoms with van der Waals surface area (Å²) < 4.78 is 33.0. The van der Waals surface area contributed by atoms with Crippen molar-refractivity contribution in [2.75, 3.05) is 19.7 Å². The molecule has 0 bridgehead atoms. The number of ether oxygens (including phenoxy) is 1. The Labute approximate surface area is 164 Å². The van der Waals surface area contributed by atoms with Gasteiger partial charge in [-0.2, -0.15) is 0 Å². The fraction of sp³-hybridized carbons (Fsp3) is 0.619. The van der Waals surface area contributed by atoms with Crippen LogP contribution in [0.25, 0.3) is 0 Å². The molecule has 3 rings (SSSR count). The Hall–Kier alpha value is -2.02. The minimum absolute atomic E-state index is 0.0738. The summed E-state index contributed by atoms with van der Waals surface area (Å²) in [7, 11) is 0. The van der Waals surface area contributed by atoms with Crippen molar-refractivity contribution in [3.63, 3.8) is 0 Å². The van der Waals surface area contributed by atoms with E-state index in [9.17, 15) is 18.7 Å². The molecule has 1 saturated carbocycles. The number of hydrogen-bond donors (Lipinski definition) is 2. The lowest BCUT2D eigenvalue weighted by atomic mass is 9.80. The summed E-state index contributed by atoms with van der Waals surface area (Å²) in [6, 6.07) is 8.27.